The average molecular weight is 363 g/mol. The molecule has 0 aliphatic rings. The van der Waals surface area contributed by atoms with Gasteiger partial charge in [0, 0.05) is 10.7 Å². The number of halogens is 1. The standard InChI is InChI=1S/C16H15BrN2O3/c1-10(11-4-3-5-13(17)8-11)19-15(20)14-7-6-12(9-18-14)16(21)22-2/h3-10H,1-2H3,(H,19,20). The highest BCUT2D eigenvalue weighted by molar-refractivity contribution is 9.10. The molecule has 1 amide bonds. The number of hydrogen-bond acceptors (Lipinski definition) is 4. The normalized spacial score (nSPS) is 11.6. The summed E-state index contributed by atoms with van der Waals surface area (Å²) in [5.41, 5.74) is 1.53. The van der Waals surface area contributed by atoms with Crippen LogP contribution in [-0.4, -0.2) is 24.0 Å². The van der Waals surface area contributed by atoms with E-state index in [2.05, 4.69) is 31.0 Å². The number of pyridine rings is 1. The van der Waals surface area contributed by atoms with E-state index < -0.39 is 5.97 Å². The number of esters is 1. The van der Waals surface area contributed by atoms with Gasteiger partial charge in [0.25, 0.3) is 5.91 Å². The van der Waals surface area contributed by atoms with E-state index >= 15 is 0 Å². The highest BCUT2D eigenvalue weighted by Crippen LogP contribution is 2.18. The zero-order valence-electron chi connectivity index (χ0n) is 12.2. The fourth-order valence-corrected chi connectivity index (χ4v) is 2.31. The minimum atomic E-state index is -0.484. The summed E-state index contributed by atoms with van der Waals surface area (Å²) in [7, 11) is 1.29. The van der Waals surface area contributed by atoms with E-state index in [4.69, 9.17) is 0 Å². The second kappa shape index (κ2) is 7.17. The smallest absolute Gasteiger partial charge is 0.339 e. The van der Waals surface area contributed by atoms with Crippen LogP contribution in [0.1, 0.15) is 39.4 Å². The van der Waals surface area contributed by atoms with Crippen molar-refractivity contribution in [1.29, 1.82) is 0 Å². The van der Waals surface area contributed by atoms with Crippen LogP contribution < -0.4 is 5.32 Å². The van der Waals surface area contributed by atoms with Gasteiger partial charge in [-0.2, -0.15) is 0 Å². The van der Waals surface area contributed by atoms with E-state index in [1.54, 1.807) is 0 Å². The van der Waals surface area contributed by atoms with E-state index in [0.717, 1.165) is 10.0 Å². The van der Waals surface area contributed by atoms with Crippen LogP contribution >= 0.6 is 15.9 Å². The minimum Gasteiger partial charge on any atom is -0.465 e. The van der Waals surface area contributed by atoms with Gasteiger partial charge in [0.15, 0.2) is 0 Å². The maximum atomic E-state index is 12.2. The van der Waals surface area contributed by atoms with E-state index in [9.17, 15) is 9.59 Å². The maximum absolute atomic E-state index is 12.2. The predicted molar refractivity (Wildman–Crippen MR) is 85.6 cm³/mol. The molecule has 0 bridgehead atoms. The molecule has 0 aliphatic heterocycles. The van der Waals surface area contributed by atoms with Gasteiger partial charge in [-0.15, -0.1) is 0 Å². The van der Waals surface area contributed by atoms with Crippen molar-refractivity contribution >= 4 is 27.8 Å². The number of aromatic nitrogens is 1. The van der Waals surface area contributed by atoms with Crippen molar-refractivity contribution < 1.29 is 14.3 Å². The van der Waals surface area contributed by atoms with Crippen LogP contribution in [0.4, 0.5) is 0 Å². The zero-order chi connectivity index (χ0) is 16.1. The first kappa shape index (κ1) is 16.2. The molecule has 1 aromatic heterocycles. The minimum absolute atomic E-state index is 0.160. The van der Waals surface area contributed by atoms with Gasteiger partial charge in [-0.05, 0) is 36.8 Å². The Bertz CT molecular complexity index is 686. The Kier molecular flexibility index (Phi) is 5.27. The molecule has 114 valence electrons. The molecule has 1 atom stereocenters. The third-order valence-electron chi connectivity index (χ3n) is 3.11. The largest absolute Gasteiger partial charge is 0.465 e. The van der Waals surface area contributed by atoms with Crippen molar-refractivity contribution in [2.75, 3.05) is 7.11 Å². The quantitative estimate of drug-likeness (QED) is 0.848. The molecule has 5 nitrogen and oxygen atoms in total. The topological polar surface area (TPSA) is 68.3 Å². The van der Waals surface area contributed by atoms with Gasteiger partial charge in [-0.3, -0.25) is 9.78 Å². The first-order valence-corrected chi connectivity index (χ1v) is 7.41. The lowest BCUT2D eigenvalue weighted by molar-refractivity contribution is 0.0599. The van der Waals surface area contributed by atoms with Crippen LogP contribution in [0.2, 0.25) is 0 Å². The van der Waals surface area contributed by atoms with Crippen molar-refractivity contribution in [2.45, 2.75) is 13.0 Å². The van der Waals surface area contributed by atoms with Crippen LogP contribution in [0.3, 0.4) is 0 Å². The second-order valence-corrected chi connectivity index (χ2v) is 5.59. The number of methoxy groups -OCH3 is 1. The summed E-state index contributed by atoms with van der Waals surface area (Å²) in [4.78, 5) is 27.5. The predicted octanol–water partition coefficient (Wildman–Crippen LogP) is 3.12. The molecule has 0 radical (unpaired) electrons. The van der Waals surface area contributed by atoms with Crippen molar-refractivity contribution in [3.05, 3.63) is 63.9 Å². The number of hydrogen-bond donors (Lipinski definition) is 1. The first-order valence-electron chi connectivity index (χ1n) is 6.62. The monoisotopic (exact) mass is 362 g/mol. The molecule has 1 aromatic carbocycles. The maximum Gasteiger partial charge on any atom is 0.339 e. The van der Waals surface area contributed by atoms with Crippen LogP contribution in [0.25, 0.3) is 0 Å². The van der Waals surface area contributed by atoms with E-state index in [1.807, 2.05) is 31.2 Å². The number of amides is 1. The summed E-state index contributed by atoms with van der Waals surface area (Å²) in [5.74, 6) is -0.786. The summed E-state index contributed by atoms with van der Waals surface area (Å²) in [6, 6.07) is 10.6. The fourth-order valence-electron chi connectivity index (χ4n) is 1.90. The van der Waals surface area contributed by atoms with Gasteiger partial charge in [0.05, 0.1) is 18.7 Å². The van der Waals surface area contributed by atoms with E-state index in [-0.39, 0.29) is 17.6 Å². The van der Waals surface area contributed by atoms with Crippen molar-refractivity contribution in [3.63, 3.8) is 0 Å². The Morgan fingerprint density at radius 1 is 1.27 bits per heavy atom. The molecule has 0 saturated carbocycles. The number of ether oxygens (including phenoxy) is 1. The summed E-state index contributed by atoms with van der Waals surface area (Å²) in [6.07, 6.45) is 1.32. The summed E-state index contributed by atoms with van der Waals surface area (Å²) in [5, 5.41) is 2.86. The molecule has 0 saturated heterocycles. The molecule has 2 aromatic rings. The number of nitrogens with zero attached hydrogens (tertiary/aromatic N) is 1. The van der Waals surface area contributed by atoms with Crippen LogP contribution in [-0.2, 0) is 4.74 Å². The lowest BCUT2D eigenvalue weighted by Gasteiger charge is -2.14. The van der Waals surface area contributed by atoms with Gasteiger partial charge in [0.2, 0.25) is 0 Å². The Morgan fingerprint density at radius 2 is 2.05 bits per heavy atom. The van der Waals surface area contributed by atoms with Crippen LogP contribution in [0, 0.1) is 0 Å². The van der Waals surface area contributed by atoms with Crippen molar-refractivity contribution in [3.8, 4) is 0 Å². The molecule has 1 unspecified atom stereocenters. The Hall–Kier alpha value is -2.21. The number of carbonyl (C=O) groups excluding carboxylic acids is 2. The fraction of sp³-hybridized carbons (Fsp3) is 0.188. The third-order valence-corrected chi connectivity index (χ3v) is 3.61. The highest BCUT2D eigenvalue weighted by atomic mass is 79.9. The summed E-state index contributed by atoms with van der Waals surface area (Å²) in [6.45, 7) is 1.89. The molecule has 0 fully saturated rings. The average Bonchev–Trinajstić information content (AvgIpc) is 2.54. The number of carbonyl (C=O) groups is 2. The Morgan fingerprint density at radius 3 is 2.64 bits per heavy atom. The Balaban J connectivity index is 2.07. The number of rotatable bonds is 4. The van der Waals surface area contributed by atoms with Gasteiger partial charge >= 0.3 is 5.97 Å². The molecule has 6 heteroatoms. The highest BCUT2D eigenvalue weighted by Gasteiger charge is 2.14. The van der Waals surface area contributed by atoms with Gasteiger partial charge < -0.3 is 10.1 Å². The van der Waals surface area contributed by atoms with Gasteiger partial charge in [-0.25, -0.2) is 4.79 Å². The molecule has 22 heavy (non-hydrogen) atoms. The molecule has 0 aliphatic carbocycles. The summed E-state index contributed by atoms with van der Waals surface area (Å²) >= 11 is 3.40. The third kappa shape index (κ3) is 3.92. The molecule has 0 spiro atoms. The molecular formula is C16H15BrN2O3. The lowest BCUT2D eigenvalue weighted by Crippen LogP contribution is -2.27. The van der Waals surface area contributed by atoms with Gasteiger partial charge in [0.1, 0.15) is 5.69 Å². The number of nitrogens with one attached hydrogen (secondary N) is 1. The number of benzene rings is 1. The zero-order valence-corrected chi connectivity index (χ0v) is 13.8. The molecule has 2 rings (SSSR count). The van der Waals surface area contributed by atoms with Crippen molar-refractivity contribution in [1.82, 2.24) is 10.3 Å². The van der Waals surface area contributed by atoms with E-state index in [0.29, 0.717) is 5.56 Å². The molecular weight excluding hydrogens is 348 g/mol. The van der Waals surface area contributed by atoms with Crippen LogP contribution in [0.15, 0.2) is 47.1 Å². The lowest BCUT2D eigenvalue weighted by atomic mass is 10.1. The molecule has 1 heterocycles. The van der Waals surface area contributed by atoms with Gasteiger partial charge in [-0.1, -0.05) is 28.1 Å². The summed E-state index contributed by atoms with van der Waals surface area (Å²) < 4.78 is 5.54. The van der Waals surface area contributed by atoms with Crippen molar-refractivity contribution in [2.24, 2.45) is 0 Å². The first-order chi connectivity index (χ1) is 10.5. The SMILES string of the molecule is COC(=O)c1ccc(C(=O)NC(C)c2cccc(Br)c2)nc1. The Labute approximate surface area is 136 Å². The van der Waals surface area contributed by atoms with Crippen LogP contribution in [0.5, 0.6) is 0 Å². The molecule has 1 N–H and O–H groups in total. The second-order valence-electron chi connectivity index (χ2n) is 4.67. The van der Waals surface area contributed by atoms with E-state index in [1.165, 1.54) is 25.4 Å².